The summed E-state index contributed by atoms with van der Waals surface area (Å²) in [6, 6.07) is -1.10. The number of unbranched alkanes of at least 4 members (excludes halogenated alkanes) is 9. The Morgan fingerprint density at radius 3 is 1.17 bits per heavy atom. The molecular formula is C66H131NO38P4. The molecule has 12 unspecified atom stereocenters. The van der Waals surface area contributed by atoms with Crippen molar-refractivity contribution in [1.29, 1.82) is 0 Å². The standard InChI is InChI=1S/C66H131NO38P4/c1-49-54(38-53(40-69)60(75)58(49)73)93-28-11-5-8-14-31-96-106(79,80)99-35-19-25-90-45-66(48-103-109(85,86)102-34-18-24-89-44-52(39-68)43-88-23-17-22-87-4,46-91-26-20-36-100-107(81,82)97-32-15-9-6-12-29-94-64-50(2)59(74)61(76)55(41-70)104-64)47-92-27-21-37-101-108(83,84)98-33-16-10-7-13-30-95-65-57(67-51(3)72)63(78)62(77)56(42-71)105-65/h49-50,52-65,68-71,73-78H,5-48H2,1-4H3,(H,67,72)(H,79,80)(H,81,82)(H,83,84)(H,85,86)/t49?,50?,52?,53?,54-,55?,56?,57?,58-,59-,60+,61+,62+,63-,64-,65-,66?/m1/s1. The number of carbonyl (C=O) groups is 1. The van der Waals surface area contributed by atoms with Crippen LogP contribution in [-0.4, -0.2) is 329 Å². The van der Waals surface area contributed by atoms with Crippen LogP contribution in [0.15, 0.2) is 0 Å². The van der Waals surface area contributed by atoms with Crippen LogP contribution in [0.5, 0.6) is 0 Å². The molecule has 0 aromatic rings. The van der Waals surface area contributed by atoms with E-state index in [9.17, 15) is 93.7 Å². The molecule has 43 heteroatoms. The fourth-order valence-electron chi connectivity index (χ4n) is 11.5. The van der Waals surface area contributed by atoms with E-state index in [-0.39, 0.29) is 176 Å². The first-order valence-corrected chi connectivity index (χ1v) is 43.8. The minimum atomic E-state index is -4.87. The van der Waals surface area contributed by atoms with Gasteiger partial charge < -0.3 is 128 Å². The van der Waals surface area contributed by atoms with E-state index in [1.807, 2.05) is 0 Å². The van der Waals surface area contributed by atoms with Gasteiger partial charge in [-0.1, -0.05) is 52.4 Å². The third-order valence-corrected chi connectivity index (χ3v) is 22.1. The number of ether oxygens (including phenoxy) is 11. The fourth-order valence-corrected chi connectivity index (χ4v) is 14.8. The van der Waals surface area contributed by atoms with E-state index < -0.39 is 142 Å². The minimum Gasteiger partial charge on any atom is -0.396 e. The summed E-state index contributed by atoms with van der Waals surface area (Å²) >= 11 is 0. The van der Waals surface area contributed by atoms with Crippen LogP contribution in [0, 0.1) is 29.1 Å². The molecule has 21 atom stereocenters. The van der Waals surface area contributed by atoms with Crippen LogP contribution >= 0.6 is 31.3 Å². The van der Waals surface area contributed by atoms with Crippen LogP contribution in [0.3, 0.4) is 0 Å². The second-order valence-corrected chi connectivity index (χ2v) is 33.3. The number of methoxy groups -OCH3 is 1. The lowest BCUT2D eigenvalue weighted by molar-refractivity contribution is -0.282. The van der Waals surface area contributed by atoms with Gasteiger partial charge in [-0.25, -0.2) is 18.3 Å². The molecular weight excluding hydrogens is 1540 g/mol. The number of nitrogens with one attached hydrogen (secondary N) is 1. The minimum absolute atomic E-state index is 0.0128. The largest absolute Gasteiger partial charge is 0.472 e. The molecule has 1 saturated carbocycles. The third-order valence-electron chi connectivity index (χ3n) is 18.1. The Kier molecular flexibility index (Phi) is 54.4. The Balaban J connectivity index is 1.60. The van der Waals surface area contributed by atoms with E-state index in [4.69, 9.17) is 88.3 Å². The number of phosphoric acid groups is 4. The van der Waals surface area contributed by atoms with E-state index >= 15 is 0 Å². The van der Waals surface area contributed by atoms with Crippen molar-refractivity contribution >= 4 is 37.2 Å². The van der Waals surface area contributed by atoms with Gasteiger partial charge in [-0.15, -0.1) is 0 Å². The summed E-state index contributed by atoms with van der Waals surface area (Å²) in [6.45, 7) is 1.58. The molecule has 109 heavy (non-hydrogen) atoms. The third kappa shape index (κ3) is 43.9. The number of amides is 1. The van der Waals surface area contributed by atoms with Crippen LogP contribution in [0.4, 0.5) is 0 Å². The Labute approximate surface area is 640 Å². The van der Waals surface area contributed by atoms with Crippen molar-refractivity contribution in [2.75, 3.05) is 179 Å². The lowest BCUT2D eigenvalue weighted by Gasteiger charge is -2.42. The zero-order chi connectivity index (χ0) is 80.6. The summed E-state index contributed by atoms with van der Waals surface area (Å²) in [4.78, 5) is 54.1. The number of phosphoric ester groups is 4. The summed E-state index contributed by atoms with van der Waals surface area (Å²) in [6.07, 6.45) is -4.03. The molecule has 648 valence electrons. The monoisotopic (exact) mass is 1670 g/mol. The van der Waals surface area contributed by atoms with E-state index in [0.717, 1.165) is 0 Å². The number of aliphatic hydroxyl groups excluding tert-OH is 10. The molecule has 3 rings (SSSR count). The maximum atomic E-state index is 13.5. The normalized spacial score (nSPS) is 27.9. The Morgan fingerprint density at radius 1 is 0.413 bits per heavy atom. The molecule has 1 amide bonds. The van der Waals surface area contributed by atoms with E-state index in [1.165, 1.54) is 6.92 Å². The first-order valence-electron chi connectivity index (χ1n) is 37.8. The number of hydrogen-bond acceptors (Lipinski definition) is 34. The molecule has 0 aromatic heterocycles. The summed E-state index contributed by atoms with van der Waals surface area (Å²) in [7, 11) is -16.9. The fraction of sp³-hybridized carbons (Fsp3) is 0.985. The number of aliphatic hydroxyl groups is 10. The highest BCUT2D eigenvalue weighted by molar-refractivity contribution is 7.48. The van der Waals surface area contributed by atoms with E-state index in [2.05, 4.69) is 5.32 Å². The van der Waals surface area contributed by atoms with Crippen molar-refractivity contribution in [3.8, 4) is 0 Å². The second-order valence-electron chi connectivity index (χ2n) is 27.5. The molecule has 0 aromatic carbocycles. The van der Waals surface area contributed by atoms with Gasteiger partial charge in [0.05, 0.1) is 136 Å². The maximum absolute atomic E-state index is 13.5. The van der Waals surface area contributed by atoms with Crippen molar-refractivity contribution in [2.24, 2.45) is 29.1 Å². The van der Waals surface area contributed by atoms with Crippen molar-refractivity contribution < 1.29 is 182 Å². The predicted molar refractivity (Wildman–Crippen MR) is 385 cm³/mol. The average molecular weight is 1670 g/mol. The average Bonchev–Trinajstić information content (AvgIpc) is 0.821. The zero-order valence-electron chi connectivity index (χ0n) is 63.7. The molecule has 15 N–H and O–H groups in total. The first kappa shape index (κ1) is 102. The molecule has 2 saturated heterocycles. The lowest BCUT2D eigenvalue weighted by Crippen LogP contribution is -2.64. The number of hydrogen-bond donors (Lipinski definition) is 15. The molecule has 0 spiro atoms. The second kappa shape index (κ2) is 58.0. The van der Waals surface area contributed by atoms with Gasteiger partial charge in [0.2, 0.25) is 5.91 Å². The molecule has 2 heterocycles. The highest BCUT2D eigenvalue weighted by atomic mass is 31.2. The van der Waals surface area contributed by atoms with E-state index in [0.29, 0.717) is 110 Å². The topological polar surface area (TPSA) is 556 Å². The molecule has 1 aliphatic carbocycles. The van der Waals surface area contributed by atoms with Gasteiger partial charge in [-0.2, -0.15) is 0 Å². The smallest absolute Gasteiger partial charge is 0.396 e. The molecule has 3 fully saturated rings. The highest BCUT2D eigenvalue weighted by Crippen LogP contribution is 2.47. The Morgan fingerprint density at radius 2 is 0.771 bits per heavy atom. The van der Waals surface area contributed by atoms with Crippen molar-refractivity contribution in [2.45, 2.75) is 210 Å². The Hall–Kier alpha value is -0.930. The van der Waals surface area contributed by atoms with Gasteiger partial charge >= 0.3 is 31.3 Å². The van der Waals surface area contributed by atoms with Crippen LogP contribution in [0.1, 0.15) is 136 Å². The summed E-state index contributed by atoms with van der Waals surface area (Å²) in [5.74, 6) is -2.18. The van der Waals surface area contributed by atoms with Crippen LogP contribution in [0.2, 0.25) is 0 Å². The van der Waals surface area contributed by atoms with Gasteiger partial charge in [0.25, 0.3) is 0 Å². The number of rotatable bonds is 69. The van der Waals surface area contributed by atoms with Gasteiger partial charge in [-0.3, -0.25) is 41.0 Å². The van der Waals surface area contributed by atoms with Crippen molar-refractivity contribution in [3.05, 3.63) is 0 Å². The van der Waals surface area contributed by atoms with Gasteiger partial charge in [0.1, 0.15) is 36.6 Å². The quantitative estimate of drug-likeness (QED) is 0.0307. The molecule has 0 radical (unpaired) electrons. The lowest BCUT2D eigenvalue weighted by atomic mass is 9.77. The van der Waals surface area contributed by atoms with Crippen LogP contribution < -0.4 is 5.32 Å². The molecule has 2 aliphatic heterocycles. The summed E-state index contributed by atoms with van der Waals surface area (Å²) in [5.41, 5.74) is -1.48. The predicted octanol–water partition coefficient (Wildman–Crippen LogP) is 2.28. The van der Waals surface area contributed by atoms with Crippen molar-refractivity contribution in [1.82, 2.24) is 5.32 Å². The molecule has 39 nitrogen and oxygen atoms in total. The molecule has 0 bridgehead atoms. The Bertz CT molecular complexity index is 2430. The van der Waals surface area contributed by atoms with Gasteiger partial charge in [-0.05, 0) is 77.0 Å². The zero-order valence-corrected chi connectivity index (χ0v) is 67.3. The van der Waals surface area contributed by atoms with Gasteiger partial charge in [0, 0.05) is 104 Å². The first-order chi connectivity index (χ1) is 52.0. The van der Waals surface area contributed by atoms with Crippen LogP contribution in [-0.2, 0) is 111 Å². The molecule has 3 aliphatic rings. The number of carbonyl (C=O) groups excluding carboxylic acids is 1. The van der Waals surface area contributed by atoms with Gasteiger partial charge in [0.15, 0.2) is 12.6 Å². The van der Waals surface area contributed by atoms with Crippen molar-refractivity contribution in [3.63, 3.8) is 0 Å². The van der Waals surface area contributed by atoms with E-state index in [1.54, 1.807) is 21.0 Å². The maximum Gasteiger partial charge on any atom is 0.472 e. The SMILES string of the molecule is COCCCOCC(CO)COCCCOP(=O)(O)OCC(COCCCOP(=O)(O)OCCCCCCO[C@@H]1OC(CO)[C@H](O)[C@H](O)C1C)(COCCCOP(=O)(O)OCCCCCCO[C@@H]1OC(CO)[C@H](O)[C@H](O)C1NC(C)=O)COCCCOP(=O)(O)OCCCCCCO[C@@H]1CC(CO)[C@H](O)[C@H](O)C1C. The summed E-state index contributed by atoms with van der Waals surface area (Å²) < 4.78 is 157. The highest BCUT2D eigenvalue weighted by Gasteiger charge is 2.47. The summed E-state index contributed by atoms with van der Waals surface area (Å²) in [5, 5.41) is 103. The van der Waals surface area contributed by atoms with Crippen LogP contribution in [0.25, 0.3) is 0 Å².